The van der Waals surface area contributed by atoms with E-state index in [4.69, 9.17) is 4.98 Å². The molecule has 0 aliphatic heterocycles. The third-order valence-corrected chi connectivity index (χ3v) is 6.54. The van der Waals surface area contributed by atoms with E-state index in [2.05, 4.69) is 85.1 Å². The molecule has 0 amide bonds. The molecule has 0 atom stereocenters. The summed E-state index contributed by atoms with van der Waals surface area (Å²) in [7, 11) is 0. The number of hydrogen-bond acceptors (Lipinski definition) is 4. The summed E-state index contributed by atoms with van der Waals surface area (Å²) in [5.74, 6) is 0.714. The van der Waals surface area contributed by atoms with E-state index in [0.29, 0.717) is 5.82 Å². The van der Waals surface area contributed by atoms with Crippen molar-refractivity contribution in [3.05, 3.63) is 121 Å². The first-order chi connectivity index (χ1) is 17.9. The van der Waals surface area contributed by atoms with Crippen LogP contribution in [0.5, 0.6) is 0 Å². The summed E-state index contributed by atoms with van der Waals surface area (Å²) in [6, 6.07) is 22.9. The topological polar surface area (TPSA) is 54.2 Å². The molecule has 5 rings (SSSR count). The highest BCUT2D eigenvalue weighted by atomic mass is 15.1. The second-order valence-electron chi connectivity index (χ2n) is 9.29. The van der Waals surface area contributed by atoms with Crippen molar-refractivity contribution in [2.75, 3.05) is 10.6 Å². The standard InChI is InChI=1S/C32H31N5/c1-6-24-10-15-29(18-22(24)4)35-31-32-33-16-17-37(32)20-30(36-31)27-9-7-8-26(19-27)23(5)34-28-13-11-25(12-14-28)21(2)3/h7-20,34H,2,5-6H2,1,3-4H3,(H,35,36). The lowest BCUT2D eigenvalue weighted by Crippen LogP contribution is -2.02. The van der Waals surface area contributed by atoms with Crippen LogP contribution < -0.4 is 10.6 Å². The van der Waals surface area contributed by atoms with Crippen molar-refractivity contribution in [2.24, 2.45) is 0 Å². The van der Waals surface area contributed by atoms with Gasteiger partial charge in [-0.05, 0) is 72.9 Å². The molecule has 3 aromatic carbocycles. The van der Waals surface area contributed by atoms with Gasteiger partial charge in [0.1, 0.15) is 0 Å². The van der Waals surface area contributed by atoms with Gasteiger partial charge in [0.2, 0.25) is 0 Å². The highest BCUT2D eigenvalue weighted by Gasteiger charge is 2.11. The number of anilines is 3. The van der Waals surface area contributed by atoms with Crippen molar-refractivity contribution in [2.45, 2.75) is 27.2 Å². The Labute approximate surface area is 218 Å². The van der Waals surface area contributed by atoms with E-state index in [1.165, 1.54) is 11.1 Å². The van der Waals surface area contributed by atoms with Gasteiger partial charge in [-0.3, -0.25) is 0 Å². The number of allylic oxidation sites excluding steroid dienone is 1. The van der Waals surface area contributed by atoms with Crippen LogP contribution >= 0.6 is 0 Å². The fraction of sp³-hybridized carbons (Fsp3) is 0.125. The lowest BCUT2D eigenvalue weighted by molar-refractivity contribution is 1.11. The summed E-state index contributed by atoms with van der Waals surface area (Å²) in [5.41, 5.74) is 11.2. The maximum absolute atomic E-state index is 4.97. The highest BCUT2D eigenvalue weighted by molar-refractivity contribution is 5.79. The predicted molar refractivity (Wildman–Crippen MR) is 156 cm³/mol. The Balaban J connectivity index is 1.43. The van der Waals surface area contributed by atoms with E-state index >= 15 is 0 Å². The largest absolute Gasteiger partial charge is 0.356 e. The normalized spacial score (nSPS) is 10.9. The zero-order valence-corrected chi connectivity index (χ0v) is 21.5. The number of aromatic nitrogens is 3. The third kappa shape index (κ3) is 5.16. The lowest BCUT2D eigenvalue weighted by Gasteiger charge is -2.14. The fourth-order valence-corrected chi connectivity index (χ4v) is 4.41. The number of nitrogens with zero attached hydrogens (tertiary/aromatic N) is 3. The van der Waals surface area contributed by atoms with Crippen molar-refractivity contribution < 1.29 is 0 Å². The average molecular weight is 486 g/mol. The first-order valence-corrected chi connectivity index (χ1v) is 12.4. The monoisotopic (exact) mass is 485 g/mol. The average Bonchev–Trinajstić information content (AvgIpc) is 3.38. The molecule has 2 N–H and O–H groups in total. The second kappa shape index (κ2) is 10.2. The quantitative estimate of drug-likeness (QED) is 0.233. The molecule has 5 nitrogen and oxygen atoms in total. The molecule has 0 radical (unpaired) electrons. The molecule has 5 heteroatoms. The van der Waals surface area contributed by atoms with Gasteiger partial charge < -0.3 is 15.0 Å². The lowest BCUT2D eigenvalue weighted by atomic mass is 10.1. The zero-order valence-electron chi connectivity index (χ0n) is 21.5. The Morgan fingerprint density at radius 1 is 0.946 bits per heavy atom. The van der Waals surface area contributed by atoms with Crippen molar-refractivity contribution in [3.8, 4) is 11.3 Å². The van der Waals surface area contributed by atoms with Crippen LogP contribution in [0.25, 0.3) is 28.2 Å². The summed E-state index contributed by atoms with van der Waals surface area (Å²) in [6.07, 6.45) is 6.75. The first-order valence-electron chi connectivity index (χ1n) is 12.4. The number of imidazole rings is 1. The fourth-order valence-electron chi connectivity index (χ4n) is 4.41. The summed E-state index contributed by atoms with van der Waals surface area (Å²) >= 11 is 0. The minimum atomic E-state index is 0.714. The minimum Gasteiger partial charge on any atom is -0.356 e. The molecule has 2 aromatic heterocycles. The minimum absolute atomic E-state index is 0.714. The Kier molecular flexibility index (Phi) is 6.60. The smallest absolute Gasteiger partial charge is 0.180 e. The van der Waals surface area contributed by atoms with E-state index < -0.39 is 0 Å². The van der Waals surface area contributed by atoms with Gasteiger partial charge in [0.15, 0.2) is 11.5 Å². The zero-order chi connectivity index (χ0) is 25.9. The van der Waals surface area contributed by atoms with Crippen LogP contribution in [0.15, 0.2) is 98.5 Å². The van der Waals surface area contributed by atoms with Crippen molar-refractivity contribution in [1.82, 2.24) is 14.4 Å². The Bertz CT molecular complexity index is 1610. The summed E-state index contributed by atoms with van der Waals surface area (Å²) < 4.78 is 2.00. The predicted octanol–water partition coefficient (Wildman–Crippen LogP) is 8.13. The molecule has 0 aliphatic rings. The first kappa shape index (κ1) is 24.1. The number of hydrogen-bond donors (Lipinski definition) is 2. The second-order valence-corrected chi connectivity index (χ2v) is 9.29. The molecule has 37 heavy (non-hydrogen) atoms. The summed E-state index contributed by atoms with van der Waals surface area (Å²) in [6.45, 7) is 14.6. The van der Waals surface area contributed by atoms with Crippen LogP contribution in [0.2, 0.25) is 0 Å². The van der Waals surface area contributed by atoms with Gasteiger partial charge in [0.25, 0.3) is 0 Å². The number of benzene rings is 3. The van der Waals surface area contributed by atoms with Crippen molar-refractivity contribution in [3.63, 3.8) is 0 Å². The number of aryl methyl sites for hydroxylation is 2. The van der Waals surface area contributed by atoms with Crippen LogP contribution in [0, 0.1) is 6.92 Å². The molecule has 0 unspecified atom stereocenters. The molecule has 0 spiro atoms. The summed E-state index contributed by atoms with van der Waals surface area (Å²) in [4.78, 5) is 9.49. The van der Waals surface area contributed by atoms with Gasteiger partial charge >= 0.3 is 0 Å². The van der Waals surface area contributed by atoms with Crippen LogP contribution in [0.1, 0.15) is 36.1 Å². The Morgan fingerprint density at radius 3 is 2.46 bits per heavy atom. The molecule has 0 fully saturated rings. The Hall–Kier alpha value is -4.64. The van der Waals surface area contributed by atoms with Crippen LogP contribution in [-0.2, 0) is 6.42 Å². The van der Waals surface area contributed by atoms with Gasteiger partial charge in [0, 0.05) is 41.2 Å². The molecule has 184 valence electrons. The van der Waals surface area contributed by atoms with Crippen molar-refractivity contribution in [1.29, 1.82) is 0 Å². The van der Waals surface area contributed by atoms with E-state index in [9.17, 15) is 0 Å². The van der Waals surface area contributed by atoms with Gasteiger partial charge in [-0.15, -0.1) is 0 Å². The maximum atomic E-state index is 4.97. The summed E-state index contributed by atoms with van der Waals surface area (Å²) in [5, 5.41) is 6.90. The van der Waals surface area contributed by atoms with E-state index in [1.807, 2.05) is 48.0 Å². The number of fused-ring (bicyclic) bond motifs is 1. The molecule has 0 saturated heterocycles. The van der Waals surface area contributed by atoms with E-state index in [0.717, 1.165) is 57.1 Å². The van der Waals surface area contributed by atoms with Crippen molar-refractivity contribution >= 4 is 34.1 Å². The van der Waals surface area contributed by atoms with E-state index in [-0.39, 0.29) is 0 Å². The number of nitrogens with one attached hydrogen (secondary N) is 2. The SMILES string of the molecule is C=C(C)c1ccc(NC(=C)c2cccc(-c3cn4ccnc4c(Nc4ccc(CC)c(C)c4)n3)c2)cc1. The molecular formula is C32H31N5. The van der Waals surface area contributed by atoms with Crippen LogP contribution in [0.4, 0.5) is 17.2 Å². The third-order valence-electron chi connectivity index (χ3n) is 6.54. The Morgan fingerprint density at radius 2 is 1.73 bits per heavy atom. The van der Waals surface area contributed by atoms with Crippen LogP contribution in [0.3, 0.4) is 0 Å². The molecule has 2 heterocycles. The van der Waals surface area contributed by atoms with Gasteiger partial charge in [-0.1, -0.05) is 62.1 Å². The molecule has 5 aromatic rings. The van der Waals surface area contributed by atoms with E-state index in [1.54, 1.807) is 6.20 Å². The van der Waals surface area contributed by atoms with Gasteiger partial charge in [-0.2, -0.15) is 0 Å². The van der Waals surface area contributed by atoms with Crippen LogP contribution in [-0.4, -0.2) is 14.4 Å². The molecule has 0 aliphatic carbocycles. The molecule has 0 saturated carbocycles. The van der Waals surface area contributed by atoms with Gasteiger partial charge in [-0.25, -0.2) is 9.97 Å². The molecule has 0 bridgehead atoms. The highest BCUT2D eigenvalue weighted by Crippen LogP contribution is 2.28. The van der Waals surface area contributed by atoms with Gasteiger partial charge in [0.05, 0.1) is 5.69 Å². The number of rotatable bonds is 8. The molecular weight excluding hydrogens is 454 g/mol. The maximum Gasteiger partial charge on any atom is 0.180 e.